The van der Waals surface area contributed by atoms with Crippen LogP contribution in [0.3, 0.4) is 0 Å². The Hall–Kier alpha value is -3.14. The normalized spacial score (nSPS) is 14.1. The summed E-state index contributed by atoms with van der Waals surface area (Å²) in [6.45, 7) is 0.530. The molecule has 1 aliphatic carbocycles. The van der Waals surface area contributed by atoms with Crippen molar-refractivity contribution in [1.29, 1.82) is 0 Å². The van der Waals surface area contributed by atoms with Crippen LogP contribution in [0.15, 0.2) is 67.0 Å². The zero-order valence-corrected chi connectivity index (χ0v) is 16.5. The van der Waals surface area contributed by atoms with Gasteiger partial charge in [-0.3, -0.25) is 0 Å². The molecule has 4 rings (SSSR count). The van der Waals surface area contributed by atoms with Crippen LogP contribution in [0.25, 0.3) is 5.69 Å². The zero-order chi connectivity index (χ0) is 20.2. The van der Waals surface area contributed by atoms with E-state index in [4.69, 9.17) is 0 Å². The van der Waals surface area contributed by atoms with Gasteiger partial charge in [0.1, 0.15) is 0 Å². The van der Waals surface area contributed by atoms with E-state index in [2.05, 4.69) is 16.6 Å². The van der Waals surface area contributed by atoms with E-state index >= 15 is 0 Å². The van der Waals surface area contributed by atoms with Crippen molar-refractivity contribution in [3.8, 4) is 17.5 Å². The Kier molecular flexibility index (Phi) is 5.61. The Labute approximate surface area is 172 Å². The first-order chi connectivity index (χ1) is 14.1. The number of hydrogen-bond donors (Lipinski definition) is 2. The Morgan fingerprint density at radius 1 is 1.10 bits per heavy atom. The molecular weight excluding hydrogens is 384 g/mol. The molecule has 0 amide bonds. The van der Waals surface area contributed by atoms with Crippen molar-refractivity contribution in [2.45, 2.75) is 24.6 Å². The lowest BCUT2D eigenvalue weighted by atomic mass is 10.1. The minimum Gasteiger partial charge on any atom is -0.478 e. The number of aromatic carboxylic acids is 1. The van der Waals surface area contributed by atoms with Crippen LogP contribution in [0.4, 0.5) is 0 Å². The Balaban J connectivity index is 1.61. The summed E-state index contributed by atoms with van der Waals surface area (Å²) in [4.78, 5) is 11.7. The van der Waals surface area contributed by atoms with Crippen LogP contribution in [0.2, 0.25) is 0 Å². The van der Waals surface area contributed by atoms with E-state index in [0.717, 1.165) is 24.0 Å². The van der Waals surface area contributed by atoms with Crippen LogP contribution < -0.4 is 4.72 Å². The Bertz CT molecular complexity index is 1120. The van der Waals surface area contributed by atoms with Gasteiger partial charge in [0.05, 0.1) is 22.2 Å². The SMILES string of the molecule is O=C(O)c1cccc(C#Cc2cccc(CNS(=O)C3CC3)c2)c1-n1cccc1. The summed E-state index contributed by atoms with van der Waals surface area (Å²) in [6, 6.07) is 16.5. The highest BCUT2D eigenvalue weighted by Gasteiger charge is 2.28. The molecule has 3 aromatic rings. The van der Waals surface area contributed by atoms with E-state index in [1.807, 2.05) is 42.5 Å². The molecule has 5 nitrogen and oxygen atoms in total. The fourth-order valence-corrected chi connectivity index (χ4v) is 4.14. The second kappa shape index (κ2) is 8.48. The first kappa shape index (κ1) is 19.2. The maximum absolute atomic E-state index is 11.9. The molecule has 2 aromatic carbocycles. The van der Waals surface area contributed by atoms with Gasteiger partial charge in [-0.1, -0.05) is 30.0 Å². The molecule has 1 unspecified atom stereocenters. The van der Waals surface area contributed by atoms with Crippen molar-refractivity contribution in [2.75, 3.05) is 0 Å². The first-order valence-corrected chi connectivity index (χ1v) is 10.6. The molecule has 0 saturated heterocycles. The van der Waals surface area contributed by atoms with Gasteiger partial charge in [0.2, 0.25) is 0 Å². The number of carboxylic acid groups (broad SMARTS) is 1. The molecular formula is C23H20N2O3S. The summed E-state index contributed by atoms with van der Waals surface area (Å²) in [7, 11) is -0.973. The number of aromatic nitrogens is 1. The summed E-state index contributed by atoms with van der Waals surface area (Å²) in [5.74, 6) is 5.26. The predicted molar refractivity (Wildman–Crippen MR) is 113 cm³/mol. The van der Waals surface area contributed by atoms with Crippen molar-refractivity contribution in [1.82, 2.24) is 9.29 Å². The van der Waals surface area contributed by atoms with Gasteiger partial charge >= 0.3 is 5.97 Å². The van der Waals surface area contributed by atoms with E-state index in [1.54, 1.807) is 29.1 Å². The van der Waals surface area contributed by atoms with Gasteiger partial charge in [0, 0.05) is 35.3 Å². The molecule has 1 saturated carbocycles. The highest BCUT2D eigenvalue weighted by atomic mass is 32.2. The van der Waals surface area contributed by atoms with Crippen molar-refractivity contribution in [2.24, 2.45) is 0 Å². The minimum atomic E-state index is -0.992. The molecule has 29 heavy (non-hydrogen) atoms. The van der Waals surface area contributed by atoms with Crippen LogP contribution in [-0.4, -0.2) is 25.1 Å². The van der Waals surface area contributed by atoms with E-state index in [1.165, 1.54) is 0 Å². The van der Waals surface area contributed by atoms with Crippen LogP contribution in [0.1, 0.15) is 39.9 Å². The van der Waals surface area contributed by atoms with E-state index < -0.39 is 17.0 Å². The fraction of sp³-hybridized carbons (Fsp3) is 0.174. The number of rotatable bonds is 6. The van der Waals surface area contributed by atoms with Crippen molar-refractivity contribution in [3.05, 3.63) is 89.2 Å². The van der Waals surface area contributed by atoms with Crippen molar-refractivity contribution < 1.29 is 14.1 Å². The number of nitrogens with zero attached hydrogens (tertiary/aromatic N) is 1. The number of carbonyl (C=O) groups is 1. The van der Waals surface area contributed by atoms with Gasteiger partial charge in [0.15, 0.2) is 0 Å². The molecule has 1 aromatic heterocycles. The highest BCUT2D eigenvalue weighted by molar-refractivity contribution is 7.83. The third kappa shape index (κ3) is 4.65. The van der Waals surface area contributed by atoms with Crippen LogP contribution in [0.5, 0.6) is 0 Å². The Morgan fingerprint density at radius 2 is 1.86 bits per heavy atom. The Morgan fingerprint density at radius 3 is 2.59 bits per heavy atom. The first-order valence-electron chi connectivity index (χ1n) is 9.36. The third-order valence-corrected chi connectivity index (χ3v) is 6.15. The lowest BCUT2D eigenvalue weighted by molar-refractivity contribution is 0.0697. The molecule has 1 heterocycles. The largest absolute Gasteiger partial charge is 0.478 e. The smallest absolute Gasteiger partial charge is 0.337 e. The summed E-state index contributed by atoms with van der Waals surface area (Å²) in [6.07, 6.45) is 5.67. The summed E-state index contributed by atoms with van der Waals surface area (Å²) >= 11 is 0. The van der Waals surface area contributed by atoms with Gasteiger partial charge in [-0.15, -0.1) is 0 Å². The molecule has 146 valence electrons. The standard InChI is InChI=1S/C23H20N2O3S/c26-23(27)21-8-4-7-19(22(21)25-13-1-2-14-25)10-9-17-5-3-6-18(15-17)16-24-29(28)20-11-12-20/h1-8,13-15,20,24H,11-12,16H2,(H,26,27). The number of para-hydroxylation sites is 1. The van der Waals surface area contributed by atoms with Gasteiger partial charge < -0.3 is 9.67 Å². The van der Waals surface area contributed by atoms with Gasteiger partial charge in [-0.05, 0) is 54.8 Å². The second-order valence-corrected chi connectivity index (χ2v) is 8.42. The number of nitrogens with one attached hydrogen (secondary N) is 1. The lowest BCUT2D eigenvalue weighted by Gasteiger charge is -2.10. The van der Waals surface area contributed by atoms with E-state index in [-0.39, 0.29) is 5.56 Å². The van der Waals surface area contributed by atoms with E-state index in [9.17, 15) is 14.1 Å². The third-order valence-electron chi connectivity index (χ3n) is 4.64. The second-order valence-electron chi connectivity index (χ2n) is 6.87. The highest BCUT2D eigenvalue weighted by Crippen LogP contribution is 2.25. The minimum absolute atomic E-state index is 0.202. The zero-order valence-electron chi connectivity index (χ0n) is 15.7. The molecule has 1 aliphatic rings. The summed E-state index contributed by atoms with van der Waals surface area (Å²) in [5, 5.41) is 9.86. The van der Waals surface area contributed by atoms with Gasteiger partial charge in [-0.25, -0.2) is 13.7 Å². The molecule has 0 spiro atoms. The number of carboxylic acids is 1. The van der Waals surface area contributed by atoms with Gasteiger partial charge in [-0.2, -0.15) is 0 Å². The topological polar surface area (TPSA) is 71.3 Å². The summed E-state index contributed by atoms with van der Waals surface area (Å²) in [5.41, 5.74) is 3.22. The molecule has 1 atom stereocenters. The molecule has 2 N–H and O–H groups in total. The van der Waals surface area contributed by atoms with Crippen molar-refractivity contribution in [3.63, 3.8) is 0 Å². The predicted octanol–water partition coefficient (Wildman–Crippen LogP) is 3.49. The maximum atomic E-state index is 11.9. The fourth-order valence-electron chi connectivity index (χ4n) is 3.03. The van der Waals surface area contributed by atoms with Crippen LogP contribution in [-0.2, 0) is 17.5 Å². The maximum Gasteiger partial charge on any atom is 0.337 e. The molecule has 0 bridgehead atoms. The van der Waals surface area contributed by atoms with Gasteiger partial charge in [0.25, 0.3) is 0 Å². The monoisotopic (exact) mass is 404 g/mol. The molecule has 0 aliphatic heterocycles. The number of hydrogen-bond acceptors (Lipinski definition) is 2. The molecule has 1 fully saturated rings. The molecule has 6 heteroatoms. The van der Waals surface area contributed by atoms with Crippen LogP contribution >= 0.6 is 0 Å². The molecule has 0 radical (unpaired) electrons. The van der Waals surface area contributed by atoms with E-state index in [0.29, 0.717) is 23.0 Å². The average Bonchev–Trinajstić information content (AvgIpc) is 3.45. The van der Waals surface area contributed by atoms with Crippen LogP contribution in [0, 0.1) is 11.8 Å². The quantitative estimate of drug-likeness (QED) is 0.618. The number of benzene rings is 2. The van der Waals surface area contributed by atoms with Crippen molar-refractivity contribution >= 4 is 17.0 Å². The average molecular weight is 404 g/mol. The summed E-state index contributed by atoms with van der Waals surface area (Å²) < 4.78 is 16.8. The lowest BCUT2D eigenvalue weighted by Crippen LogP contribution is -2.19.